The molecule has 0 spiro atoms. The zero-order valence-corrected chi connectivity index (χ0v) is 12.8. The summed E-state index contributed by atoms with van der Waals surface area (Å²) < 4.78 is 5.78. The molecule has 3 rings (SSSR count). The van der Waals surface area contributed by atoms with Crippen molar-refractivity contribution in [3.8, 4) is 11.9 Å². The minimum Gasteiger partial charge on any atom is -0.477 e. The van der Waals surface area contributed by atoms with Gasteiger partial charge in [0.25, 0.3) is 0 Å². The number of pyridine rings is 1. The first-order chi connectivity index (χ1) is 10.8. The fourth-order valence-electron chi connectivity index (χ4n) is 2.74. The molecule has 1 fully saturated rings. The van der Waals surface area contributed by atoms with Crippen molar-refractivity contribution in [3.05, 3.63) is 58.7 Å². The first-order valence-electron chi connectivity index (χ1n) is 7.21. The molecular weight excluding hydrogens is 298 g/mol. The lowest BCUT2D eigenvalue weighted by atomic mass is 9.89. The van der Waals surface area contributed by atoms with E-state index in [9.17, 15) is 0 Å². The topological polar surface area (TPSA) is 57.9 Å². The second-order valence-corrected chi connectivity index (χ2v) is 5.82. The maximum absolute atomic E-state index is 8.88. The van der Waals surface area contributed by atoms with E-state index in [2.05, 4.69) is 16.4 Å². The molecule has 22 heavy (non-hydrogen) atoms. The van der Waals surface area contributed by atoms with Gasteiger partial charge in [0.1, 0.15) is 0 Å². The van der Waals surface area contributed by atoms with E-state index in [1.807, 2.05) is 24.3 Å². The number of aromatic nitrogens is 1. The summed E-state index contributed by atoms with van der Waals surface area (Å²) in [6.07, 6.45) is 1.59. The third-order valence-corrected chi connectivity index (χ3v) is 4.18. The molecule has 0 radical (unpaired) electrons. The zero-order chi connectivity index (χ0) is 15.4. The van der Waals surface area contributed by atoms with Gasteiger partial charge in [-0.25, -0.2) is 4.98 Å². The van der Waals surface area contributed by atoms with Gasteiger partial charge < -0.3 is 10.1 Å². The number of nitriles is 1. The number of nitrogens with one attached hydrogen (secondary N) is 1. The van der Waals surface area contributed by atoms with Gasteiger partial charge in [0.2, 0.25) is 5.88 Å². The Bertz CT molecular complexity index is 664. The van der Waals surface area contributed by atoms with Crippen LogP contribution in [0, 0.1) is 17.2 Å². The molecule has 0 amide bonds. The number of nitrogens with zero attached hydrogens (tertiary/aromatic N) is 2. The molecule has 112 valence electrons. The molecule has 1 aliphatic heterocycles. The van der Waals surface area contributed by atoms with Crippen molar-refractivity contribution in [2.45, 2.75) is 5.92 Å². The molecule has 1 aromatic heterocycles. The molecule has 2 heterocycles. The molecular formula is C17H16ClN3O. The number of ether oxygens (including phenoxy) is 1. The highest BCUT2D eigenvalue weighted by Crippen LogP contribution is 2.29. The van der Waals surface area contributed by atoms with Gasteiger partial charge in [-0.05, 0) is 23.8 Å². The molecule has 2 atom stereocenters. The van der Waals surface area contributed by atoms with Crippen molar-refractivity contribution in [3.63, 3.8) is 0 Å². The van der Waals surface area contributed by atoms with Crippen LogP contribution in [-0.2, 0) is 0 Å². The fourth-order valence-corrected chi connectivity index (χ4v) is 2.85. The number of hydrogen-bond donors (Lipinski definition) is 1. The summed E-state index contributed by atoms with van der Waals surface area (Å²) in [5.41, 5.74) is 1.93. The quantitative estimate of drug-likeness (QED) is 0.942. The van der Waals surface area contributed by atoms with E-state index in [-0.39, 0.29) is 0 Å². The van der Waals surface area contributed by atoms with Crippen LogP contribution in [-0.4, -0.2) is 24.7 Å². The van der Waals surface area contributed by atoms with Crippen LogP contribution < -0.4 is 10.1 Å². The van der Waals surface area contributed by atoms with Gasteiger partial charge in [-0.15, -0.1) is 0 Å². The third kappa shape index (κ3) is 3.38. The average molecular weight is 314 g/mol. The standard InChI is InChI=1S/C17H16ClN3O/c18-15-5-6-17(21-9-15)22-11-14-8-20-10-16(14)13-3-1-12(7-19)2-4-13/h1-6,9,14,16,20H,8,10-11H2/t14?,16-/m1/s1. The van der Waals surface area contributed by atoms with Crippen molar-refractivity contribution in [1.29, 1.82) is 5.26 Å². The predicted molar refractivity (Wildman–Crippen MR) is 85.0 cm³/mol. The smallest absolute Gasteiger partial charge is 0.213 e. The Hall–Kier alpha value is -2.09. The van der Waals surface area contributed by atoms with Gasteiger partial charge >= 0.3 is 0 Å². The third-order valence-electron chi connectivity index (χ3n) is 3.95. The number of benzene rings is 1. The largest absolute Gasteiger partial charge is 0.477 e. The molecule has 1 unspecified atom stereocenters. The Morgan fingerprint density at radius 1 is 1.23 bits per heavy atom. The van der Waals surface area contributed by atoms with E-state index >= 15 is 0 Å². The van der Waals surface area contributed by atoms with Crippen molar-refractivity contribution in [2.24, 2.45) is 5.92 Å². The van der Waals surface area contributed by atoms with Crippen molar-refractivity contribution in [2.75, 3.05) is 19.7 Å². The second-order valence-electron chi connectivity index (χ2n) is 5.38. The van der Waals surface area contributed by atoms with Gasteiger partial charge in [0, 0.05) is 37.2 Å². The lowest BCUT2D eigenvalue weighted by Crippen LogP contribution is -2.19. The minimum atomic E-state index is 0.380. The summed E-state index contributed by atoms with van der Waals surface area (Å²) in [7, 11) is 0. The molecule has 4 nitrogen and oxygen atoms in total. The summed E-state index contributed by atoms with van der Waals surface area (Å²) in [6.45, 7) is 2.44. The maximum Gasteiger partial charge on any atom is 0.213 e. The van der Waals surface area contributed by atoms with Crippen LogP contribution in [0.3, 0.4) is 0 Å². The van der Waals surface area contributed by atoms with Crippen LogP contribution in [0.4, 0.5) is 0 Å². The Kier molecular flexibility index (Phi) is 4.57. The zero-order valence-electron chi connectivity index (χ0n) is 12.0. The monoisotopic (exact) mass is 313 g/mol. The van der Waals surface area contributed by atoms with Crippen LogP contribution in [0.25, 0.3) is 0 Å². The van der Waals surface area contributed by atoms with Gasteiger partial charge in [-0.1, -0.05) is 23.7 Å². The molecule has 2 aromatic rings. The van der Waals surface area contributed by atoms with E-state index in [0.29, 0.717) is 34.9 Å². The Balaban J connectivity index is 1.65. The summed E-state index contributed by atoms with van der Waals surface area (Å²) in [4.78, 5) is 4.15. The molecule has 1 aliphatic rings. The lowest BCUT2D eigenvalue weighted by Gasteiger charge is -2.19. The average Bonchev–Trinajstić information content (AvgIpc) is 3.03. The maximum atomic E-state index is 8.88. The Morgan fingerprint density at radius 2 is 2.05 bits per heavy atom. The molecule has 1 N–H and O–H groups in total. The van der Waals surface area contributed by atoms with Gasteiger partial charge in [-0.2, -0.15) is 5.26 Å². The van der Waals surface area contributed by atoms with E-state index < -0.39 is 0 Å². The number of halogens is 1. The van der Waals surface area contributed by atoms with Gasteiger partial charge in [-0.3, -0.25) is 0 Å². The summed E-state index contributed by atoms with van der Waals surface area (Å²) in [6, 6.07) is 13.5. The molecule has 0 aliphatic carbocycles. The summed E-state index contributed by atoms with van der Waals surface area (Å²) in [5, 5.41) is 12.9. The van der Waals surface area contributed by atoms with E-state index in [0.717, 1.165) is 13.1 Å². The first-order valence-corrected chi connectivity index (χ1v) is 7.59. The molecule has 0 bridgehead atoms. The van der Waals surface area contributed by atoms with Crippen LogP contribution >= 0.6 is 11.6 Å². The molecule has 1 aromatic carbocycles. The molecule has 0 saturated carbocycles. The molecule has 1 saturated heterocycles. The Labute approximate surface area is 134 Å². The highest BCUT2D eigenvalue weighted by molar-refractivity contribution is 6.30. The minimum absolute atomic E-state index is 0.380. The van der Waals surface area contributed by atoms with Gasteiger partial charge in [0.05, 0.1) is 23.3 Å². The SMILES string of the molecule is N#Cc1ccc([C@H]2CNCC2COc2ccc(Cl)cn2)cc1. The van der Waals surface area contributed by atoms with E-state index in [1.165, 1.54) is 5.56 Å². The predicted octanol–water partition coefficient (Wildman–Crippen LogP) is 2.99. The highest BCUT2D eigenvalue weighted by Gasteiger charge is 2.29. The van der Waals surface area contributed by atoms with Crippen LogP contribution in [0.2, 0.25) is 5.02 Å². The van der Waals surface area contributed by atoms with Crippen LogP contribution in [0.15, 0.2) is 42.6 Å². The second kappa shape index (κ2) is 6.78. The normalized spacial score (nSPS) is 20.5. The number of hydrogen-bond acceptors (Lipinski definition) is 4. The van der Waals surface area contributed by atoms with Crippen LogP contribution in [0.5, 0.6) is 5.88 Å². The van der Waals surface area contributed by atoms with Crippen LogP contribution in [0.1, 0.15) is 17.0 Å². The first kappa shape index (κ1) is 14.8. The van der Waals surface area contributed by atoms with Crippen molar-refractivity contribution in [1.82, 2.24) is 10.3 Å². The fraction of sp³-hybridized carbons (Fsp3) is 0.294. The van der Waals surface area contributed by atoms with Gasteiger partial charge in [0.15, 0.2) is 0 Å². The van der Waals surface area contributed by atoms with E-state index in [4.69, 9.17) is 21.6 Å². The highest BCUT2D eigenvalue weighted by atomic mass is 35.5. The van der Waals surface area contributed by atoms with E-state index in [1.54, 1.807) is 18.3 Å². The van der Waals surface area contributed by atoms with Crippen molar-refractivity contribution < 1.29 is 4.74 Å². The summed E-state index contributed by atoms with van der Waals surface area (Å²) >= 11 is 5.82. The lowest BCUT2D eigenvalue weighted by molar-refractivity contribution is 0.240. The number of rotatable bonds is 4. The molecule has 5 heteroatoms. The summed E-state index contributed by atoms with van der Waals surface area (Å²) in [5.74, 6) is 1.36. The Morgan fingerprint density at radius 3 is 2.73 bits per heavy atom. The van der Waals surface area contributed by atoms with Crippen molar-refractivity contribution >= 4 is 11.6 Å².